The van der Waals surface area contributed by atoms with Gasteiger partial charge in [-0.15, -0.1) is 24.0 Å². The largest absolute Gasteiger partial charge is 0.353 e. The van der Waals surface area contributed by atoms with Crippen LogP contribution < -0.4 is 10.6 Å². The molecule has 2 unspecified atom stereocenters. The normalized spacial score (nSPS) is 24.5. The molecule has 1 aliphatic heterocycles. The summed E-state index contributed by atoms with van der Waals surface area (Å²) in [6.45, 7) is 9.03. The van der Waals surface area contributed by atoms with E-state index in [0.29, 0.717) is 6.04 Å². The summed E-state index contributed by atoms with van der Waals surface area (Å²) in [7, 11) is 1.84. The van der Waals surface area contributed by atoms with Crippen LogP contribution in [0.1, 0.15) is 44.2 Å². The molecule has 2 aliphatic rings. The SMILES string of the molecule is CN=C(NCc1ccc(CN2CCC(C)CC2)cc1)NC1CC1C.I. The summed E-state index contributed by atoms with van der Waals surface area (Å²) < 4.78 is 0. The molecule has 1 aromatic rings. The molecule has 4 nitrogen and oxygen atoms in total. The lowest BCUT2D eigenvalue weighted by molar-refractivity contribution is 0.185. The Balaban J connectivity index is 0.00000225. The molecule has 1 aliphatic carbocycles. The zero-order valence-corrected chi connectivity index (χ0v) is 18.1. The Morgan fingerprint density at radius 2 is 1.72 bits per heavy atom. The second kappa shape index (κ2) is 9.76. The number of nitrogens with one attached hydrogen (secondary N) is 2. The van der Waals surface area contributed by atoms with Gasteiger partial charge >= 0.3 is 0 Å². The summed E-state index contributed by atoms with van der Waals surface area (Å²) in [6.07, 6.45) is 3.94. The van der Waals surface area contributed by atoms with Gasteiger partial charge in [-0.1, -0.05) is 38.1 Å². The van der Waals surface area contributed by atoms with E-state index >= 15 is 0 Å². The molecule has 25 heavy (non-hydrogen) atoms. The minimum absolute atomic E-state index is 0. The zero-order chi connectivity index (χ0) is 16.9. The summed E-state index contributed by atoms with van der Waals surface area (Å²) in [6, 6.07) is 9.62. The average molecular weight is 456 g/mol. The van der Waals surface area contributed by atoms with Gasteiger partial charge in [0.25, 0.3) is 0 Å². The van der Waals surface area contributed by atoms with E-state index in [1.807, 2.05) is 7.05 Å². The zero-order valence-electron chi connectivity index (χ0n) is 15.8. The fourth-order valence-electron chi connectivity index (χ4n) is 3.32. The summed E-state index contributed by atoms with van der Waals surface area (Å²) in [4.78, 5) is 6.89. The number of benzene rings is 1. The molecule has 0 bridgehead atoms. The number of likely N-dealkylation sites (tertiary alicyclic amines) is 1. The van der Waals surface area contributed by atoms with E-state index < -0.39 is 0 Å². The Morgan fingerprint density at radius 1 is 1.12 bits per heavy atom. The van der Waals surface area contributed by atoms with Crippen LogP contribution in [-0.4, -0.2) is 37.0 Å². The molecule has 3 rings (SSSR count). The summed E-state index contributed by atoms with van der Waals surface area (Å²) in [5, 5.41) is 6.87. The highest BCUT2D eigenvalue weighted by atomic mass is 127. The topological polar surface area (TPSA) is 39.7 Å². The van der Waals surface area contributed by atoms with Gasteiger partial charge in [0.05, 0.1) is 0 Å². The molecule has 2 atom stereocenters. The first kappa shape index (κ1) is 20.5. The molecule has 0 spiro atoms. The maximum Gasteiger partial charge on any atom is 0.191 e. The Morgan fingerprint density at radius 3 is 2.28 bits per heavy atom. The second-order valence-corrected chi connectivity index (χ2v) is 7.66. The Bertz CT molecular complexity index is 549. The average Bonchev–Trinajstić information content (AvgIpc) is 3.30. The van der Waals surface area contributed by atoms with E-state index in [1.165, 1.54) is 43.5 Å². The number of rotatable bonds is 5. The van der Waals surface area contributed by atoms with Crippen molar-refractivity contribution in [1.82, 2.24) is 15.5 Å². The molecular formula is C20H33IN4. The third-order valence-electron chi connectivity index (χ3n) is 5.42. The van der Waals surface area contributed by atoms with Crippen molar-refractivity contribution in [3.8, 4) is 0 Å². The van der Waals surface area contributed by atoms with Crippen LogP contribution >= 0.6 is 24.0 Å². The van der Waals surface area contributed by atoms with Crippen molar-refractivity contribution >= 4 is 29.9 Å². The smallest absolute Gasteiger partial charge is 0.191 e. The van der Waals surface area contributed by atoms with Gasteiger partial charge in [0.15, 0.2) is 5.96 Å². The molecular weight excluding hydrogens is 423 g/mol. The highest BCUT2D eigenvalue weighted by Crippen LogP contribution is 2.28. The van der Waals surface area contributed by atoms with Gasteiger partial charge < -0.3 is 10.6 Å². The predicted octanol–water partition coefficient (Wildman–Crippen LogP) is 3.61. The monoisotopic (exact) mass is 456 g/mol. The lowest BCUT2D eigenvalue weighted by Gasteiger charge is -2.30. The predicted molar refractivity (Wildman–Crippen MR) is 116 cm³/mol. The first-order valence-corrected chi connectivity index (χ1v) is 9.41. The number of guanidine groups is 1. The van der Waals surface area contributed by atoms with Gasteiger partial charge in [-0.3, -0.25) is 9.89 Å². The third kappa shape index (κ3) is 6.44. The van der Waals surface area contributed by atoms with Crippen molar-refractivity contribution < 1.29 is 0 Å². The molecule has 2 N–H and O–H groups in total. The number of nitrogens with zero attached hydrogens (tertiary/aromatic N) is 2. The summed E-state index contributed by atoms with van der Waals surface area (Å²) in [5.41, 5.74) is 2.72. The highest BCUT2D eigenvalue weighted by Gasteiger charge is 2.33. The molecule has 1 aromatic carbocycles. The summed E-state index contributed by atoms with van der Waals surface area (Å²) >= 11 is 0. The number of hydrogen-bond donors (Lipinski definition) is 2. The minimum Gasteiger partial charge on any atom is -0.353 e. The van der Waals surface area contributed by atoms with Crippen LogP contribution in [0.2, 0.25) is 0 Å². The van der Waals surface area contributed by atoms with Crippen molar-refractivity contribution in [3.63, 3.8) is 0 Å². The maximum absolute atomic E-state index is 4.31. The Labute approximate surface area is 169 Å². The van der Waals surface area contributed by atoms with Gasteiger partial charge in [-0.05, 0) is 55.3 Å². The first-order valence-electron chi connectivity index (χ1n) is 9.41. The molecule has 2 fully saturated rings. The Hall–Kier alpha value is -0.820. The van der Waals surface area contributed by atoms with Gasteiger partial charge in [0, 0.05) is 26.2 Å². The fraction of sp³-hybridized carbons (Fsp3) is 0.650. The first-order chi connectivity index (χ1) is 11.6. The van der Waals surface area contributed by atoms with Crippen LogP contribution in [0.15, 0.2) is 29.3 Å². The van der Waals surface area contributed by atoms with Crippen molar-refractivity contribution in [2.45, 2.75) is 52.2 Å². The van der Waals surface area contributed by atoms with Crippen LogP contribution in [0, 0.1) is 11.8 Å². The maximum atomic E-state index is 4.31. The van der Waals surface area contributed by atoms with E-state index in [9.17, 15) is 0 Å². The Kier molecular flexibility index (Phi) is 8.00. The molecule has 1 heterocycles. The minimum atomic E-state index is 0. The van der Waals surface area contributed by atoms with E-state index in [1.54, 1.807) is 0 Å². The van der Waals surface area contributed by atoms with Crippen LogP contribution in [-0.2, 0) is 13.1 Å². The van der Waals surface area contributed by atoms with Crippen molar-refractivity contribution in [1.29, 1.82) is 0 Å². The number of aliphatic imine (C=N–C) groups is 1. The molecule has 1 saturated heterocycles. The van der Waals surface area contributed by atoms with E-state index in [0.717, 1.165) is 30.9 Å². The fourth-order valence-corrected chi connectivity index (χ4v) is 3.32. The van der Waals surface area contributed by atoms with Crippen LogP contribution in [0.4, 0.5) is 0 Å². The van der Waals surface area contributed by atoms with Gasteiger partial charge in [0.1, 0.15) is 0 Å². The van der Waals surface area contributed by atoms with E-state index in [4.69, 9.17) is 0 Å². The molecule has 1 saturated carbocycles. The van der Waals surface area contributed by atoms with Crippen LogP contribution in [0.25, 0.3) is 0 Å². The van der Waals surface area contributed by atoms with Gasteiger partial charge in [0.2, 0.25) is 0 Å². The van der Waals surface area contributed by atoms with Crippen molar-refractivity contribution in [3.05, 3.63) is 35.4 Å². The highest BCUT2D eigenvalue weighted by molar-refractivity contribution is 14.0. The van der Waals surface area contributed by atoms with E-state index in [-0.39, 0.29) is 24.0 Å². The lowest BCUT2D eigenvalue weighted by atomic mass is 9.99. The molecule has 5 heteroatoms. The van der Waals surface area contributed by atoms with Crippen molar-refractivity contribution in [2.75, 3.05) is 20.1 Å². The quantitative estimate of drug-likeness (QED) is 0.404. The van der Waals surface area contributed by atoms with E-state index in [2.05, 4.69) is 58.6 Å². The molecule has 0 amide bonds. The van der Waals surface area contributed by atoms with Crippen LogP contribution in [0.3, 0.4) is 0 Å². The molecule has 0 radical (unpaired) electrons. The number of hydrogen-bond acceptors (Lipinski definition) is 2. The summed E-state index contributed by atoms with van der Waals surface area (Å²) in [5.74, 6) is 2.59. The standard InChI is InChI=1S/C20H32N4.HI/c1-15-8-10-24(11-9-15)14-18-6-4-17(5-7-18)13-22-20(21-3)23-19-12-16(19)2;/h4-7,15-16,19H,8-14H2,1-3H3,(H2,21,22,23);1H. The molecule has 140 valence electrons. The molecule has 0 aromatic heterocycles. The van der Waals surface area contributed by atoms with Gasteiger partial charge in [-0.2, -0.15) is 0 Å². The van der Waals surface area contributed by atoms with Crippen LogP contribution in [0.5, 0.6) is 0 Å². The number of halogens is 1. The van der Waals surface area contributed by atoms with Gasteiger partial charge in [-0.25, -0.2) is 0 Å². The third-order valence-corrected chi connectivity index (χ3v) is 5.42. The van der Waals surface area contributed by atoms with Crippen molar-refractivity contribution in [2.24, 2.45) is 16.8 Å². The lowest BCUT2D eigenvalue weighted by Crippen LogP contribution is -2.38. The number of piperidine rings is 1. The second-order valence-electron chi connectivity index (χ2n) is 7.66.